The Morgan fingerprint density at radius 2 is 0.960 bits per heavy atom. The summed E-state index contributed by atoms with van der Waals surface area (Å²) < 4.78 is 4.92. The number of ether oxygens (including phenoxy) is 1. The first-order chi connectivity index (χ1) is 12.2. The predicted octanol–water partition coefficient (Wildman–Crippen LogP) is 6.78. The van der Waals surface area contributed by atoms with Gasteiger partial charge in [0.25, 0.3) is 0 Å². The molecule has 0 aromatic carbocycles. The highest BCUT2D eigenvalue weighted by Crippen LogP contribution is 2.13. The largest absolute Gasteiger partial charge is 0.466 e. The number of unbranched alkanes of at least 4 members (excludes halogenated alkanes) is 14. The maximum absolute atomic E-state index is 11.2. The lowest BCUT2D eigenvalue weighted by Gasteiger charge is -2.03. The third-order valence-corrected chi connectivity index (χ3v) is 4.29. The minimum absolute atomic E-state index is 0.0304. The van der Waals surface area contributed by atoms with E-state index in [9.17, 15) is 4.79 Å². The molecule has 0 fully saturated rings. The van der Waals surface area contributed by atoms with Gasteiger partial charge in [0.1, 0.15) is 0 Å². The Morgan fingerprint density at radius 3 is 1.28 bits per heavy atom. The van der Waals surface area contributed by atoms with Crippen molar-refractivity contribution in [2.24, 2.45) is 5.73 Å². The van der Waals surface area contributed by atoms with Gasteiger partial charge in [-0.1, -0.05) is 104 Å². The van der Waals surface area contributed by atoms with Gasteiger partial charge in [-0.2, -0.15) is 0 Å². The molecule has 0 saturated heterocycles. The predicted molar refractivity (Wildman–Crippen MR) is 111 cm³/mol. The molecule has 0 atom stereocenters. The Labute approximate surface area is 158 Å². The van der Waals surface area contributed by atoms with Crippen LogP contribution in [0.25, 0.3) is 0 Å². The Kier molecular flexibility index (Phi) is 27.4. The average molecular weight is 358 g/mol. The van der Waals surface area contributed by atoms with Crippen molar-refractivity contribution in [2.75, 3.05) is 13.2 Å². The van der Waals surface area contributed by atoms with Gasteiger partial charge in [-0.25, -0.2) is 0 Å². The normalized spacial score (nSPS) is 10.2. The van der Waals surface area contributed by atoms with Crippen LogP contribution < -0.4 is 5.73 Å². The van der Waals surface area contributed by atoms with Crippen LogP contribution in [0.1, 0.15) is 124 Å². The zero-order valence-corrected chi connectivity index (χ0v) is 17.6. The van der Waals surface area contributed by atoms with Crippen molar-refractivity contribution < 1.29 is 9.53 Å². The van der Waals surface area contributed by atoms with Crippen LogP contribution >= 0.6 is 0 Å². The van der Waals surface area contributed by atoms with E-state index in [1.54, 1.807) is 0 Å². The van der Waals surface area contributed by atoms with E-state index < -0.39 is 0 Å². The van der Waals surface area contributed by atoms with Crippen molar-refractivity contribution in [1.29, 1.82) is 0 Å². The van der Waals surface area contributed by atoms with E-state index in [4.69, 9.17) is 10.5 Å². The Morgan fingerprint density at radius 1 is 0.640 bits per heavy atom. The molecule has 0 aromatic heterocycles. The maximum Gasteiger partial charge on any atom is 0.305 e. The Hall–Kier alpha value is -0.570. The lowest BCUT2D eigenvalue weighted by Crippen LogP contribution is -2.03. The molecule has 3 heteroatoms. The summed E-state index contributed by atoms with van der Waals surface area (Å²) in [5.41, 5.74) is 4.85. The van der Waals surface area contributed by atoms with Crippen molar-refractivity contribution in [3.05, 3.63) is 0 Å². The molecule has 0 rings (SSSR count). The monoisotopic (exact) mass is 357 g/mol. The summed E-state index contributed by atoms with van der Waals surface area (Å²) in [6, 6.07) is 0. The number of hydrogen-bond acceptors (Lipinski definition) is 3. The fourth-order valence-corrected chi connectivity index (χ4v) is 2.87. The quantitative estimate of drug-likeness (QED) is 0.231. The molecule has 0 aliphatic carbocycles. The molecule has 25 heavy (non-hydrogen) atoms. The number of esters is 1. The van der Waals surface area contributed by atoms with E-state index in [2.05, 4.69) is 6.92 Å². The summed E-state index contributed by atoms with van der Waals surface area (Å²) in [7, 11) is 0. The zero-order valence-electron chi connectivity index (χ0n) is 17.6. The van der Waals surface area contributed by atoms with Crippen molar-refractivity contribution >= 4 is 5.97 Å². The molecule has 0 heterocycles. The van der Waals surface area contributed by atoms with Gasteiger partial charge in [0.2, 0.25) is 0 Å². The van der Waals surface area contributed by atoms with E-state index in [1.807, 2.05) is 13.8 Å². The van der Waals surface area contributed by atoms with Gasteiger partial charge in [-0.05, 0) is 19.9 Å². The molecule has 152 valence electrons. The molecule has 3 nitrogen and oxygen atoms in total. The van der Waals surface area contributed by atoms with Gasteiger partial charge in [0, 0.05) is 6.42 Å². The highest BCUT2D eigenvalue weighted by Gasteiger charge is 2.00. The Bertz CT molecular complexity index is 244. The summed E-state index contributed by atoms with van der Waals surface area (Å²) in [4.78, 5) is 11.2. The molecule has 0 aliphatic rings. The molecule has 2 N–H and O–H groups in total. The highest BCUT2D eigenvalue weighted by atomic mass is 16.5. The molecular weight excluding hydrogens is 310 g/mol. The van der Waals surface area contributed by atoms with Crippen LogP contribution in [0.2, 0.25) is 0 Å². The van der Waals surface area contributed by atoms with Crippen LogP contribution in [-0.4, -0.2) is 19.1 Å². The second-order valence-electron chi connectivity index (χ2n) is 6.91. The third kappa shape index (κ3) is 28.5. The molecule has 0 aliphatic heterocycles. The fourth-order valence-electron chi connectivity index (χ4n) is 2.87. The molecule has 0 unspecified atom stereocenters. The number of hydrogen-bond donors (Lipinski definition) is 1. The second kappa shape index (κ2) is 25.7. The van der Waals surface area contributed by atoms with Crippen LogP contribution in [-0.2, 0) is 9.53 Å². The van der Waals surface area contributed by atoms with Gasteiger partial charge < -0.3 is 10.5 Å². The molecule has 0 saturated carbocycles. The first-order valence-electron chi connectivity index (χ1n) is 11.1. The van der Waals surface area contributed by atoms with Crippen molar-refractivity contribution in [2.45, 2.75) is 124 Å². The minimum atomic E-state index is -0.0304. The first kappa shape index (κ1) is 26.7. The van der Waals surface area contributed by atoms with Crippen LogP contribution in [0, 0.1) is 0 Å². The SMILES string of the molecule is CCCCCCCCCCCCCCCCCC(=O)OCC.CCN. The maximum atomic E-state index is 11.2. The van der Waals surface area contributed by atoms with Crippen LogP contribution in [0.3, 0.4) is 0 Å². The summed E-state index contributed by atoms with van der Waals surface area (Å²) in [6.07, 6.45) is 21.0. The summed E-state index contributed by atoms with van der Waals surface area (Å²) >= 11 is 0. The van der Waals surface area contributed by atoms with Crippen molar-refractivity contribution in [3.8, 4) is 0 Å². The number of carbonyl (C=O) groups is 1. The van der Waals surface area contributed by atoms with E-state index in [-0.39, 0.29) is 5.97 Å². The van der Waals surface area contributed by atoms with Crippen LogP contribution in [0.5, 0.6) is 0 Å². The summed E-state index contributed by atoms with van der Waals surface area (Å²) in [6.45, 7) is 7.31. The van der Waals surface area contributed by atoms with Gasteiger partial charge >= 0.3 is 5.97 Å². The summed E-state index contributed by atoms with van der Waals surface area (Å²) in [5, 5.41) is 0. The first-order valence-corrected chi connectivity index (χ1v) is 11.1. The van der Waals surface area contributed by atoms with E-state index in [0.717, 1.165) is 13.0 Å². The van der Waals surface area contributed by atoms with Gasteiger partial charge in [0.05, 0.1) is 6.61 Å². The molecule has 0 aromatic rings. The molecular formula is C22H47NO2. The van der Waals surface area contributed by atoms with E-state index in [0.29, 0.717) is 13.0 Å². The molecule has 0 radical (unpaired) electrons. The average Bonchev–Trinajstić information content (AvgIpc) is 2.59. The van der Waals surface area contributed by atoms with E-state index >= 15 is 0 Å². The zero-order chi connectivity index (χ0) is 19.0. The van der Waals surface area contributed by atoms with Crippen LogP contribution in [0.4, 0.5) is 0 Å². The number of nitrogens with two attached hydrogens (primary N) is 1. The molecule has 0 bridgehead atoms. The molecule has 0 amide bonds. The highest BCUT2D eigenvalue weighted by molar-refractivity contribution is 5.69. The number of rotatable bonds is 17. The van der Waals surface area contributed by atoms with Gasteiger partial charge in [0.15, 0.2) is 0 Å². The lowest BCUT2D eigenvalue weighted by molar-refractivity contribution is -0.143. The van der Waals surface area contributed by atoms with Crippen molar-refractivity contribution in [1.82, 2.24) is 0 Å². The Balaban J connectivity index is 0. The van der Waals surface area contributed by atoms with E-state index in [1.165, 1.54) is 89.9 Å². The smallest absolute Gasteiger partial charge is 0.305 e. The van der Waals surface area contributed by atoms with Gasteiger partial charge in [-0.15, -0.1) is 0 Å². The standard InChI is InChI=1S/C20H40O2.C2H7N/c1-3-5-6-7-8-9-10-11-12-13-14-15-16-17-18-19-20(21)22-4-2;1-2-3/h3-19H2,1-2H3;2-3H2,1H3. The van der Waals surface area contributed by atoms with Crippen molar-refractivity contribution in [3.63, 3.8) is 0 Å². The van der Waals surface area contributed by atoms with Crippen LogP contribution in [0.15, 0.2) is 0 Å². The molecule has 0 spiro atoms. The third-order valence-electron chi connectivity index (χ3n) is 4.29. The topological polar surface area (TPSA) is 52.3 Å². The minimum Gasteiger partial charge on any atom is -0.466 e. The fraction of sp³-hybridized carbons (Fsp3) is 0.955. The summed E-state index contributed by atoms with van der Waals surface area (Å²) in [5.74, 6) is -0.0304. The van der Waals surface area contributed by atoms with Gasteiger partial charge in [-0.3, -0.25) is 4.79 Å². The number of carbonyl (C=O) groups excluding carboxylic acids is 1. The lowest BCUT2D eigenvalue weighted by atomic mass is 10.0. The second-order valence-corrected chi connectivity index (χ2v) is 6.91.